The third-order valence-corrected chi connectivity index (χ3v) is 6.15. The summed E-state index contributed by atoms with van der Waals surface area (Å²) in [5, 5.41) is 2.13. The van der Waals surface area contributed by atoms with Crippen LogP contribution in [0.5, 0.6) is 0 Å². The van der Waals surface area contributed by atoms with Gasteiger partial charge in [-0.2, -0.15) is 0 Å². The Labute approximate surface area is 146 Å². The molecule has 0 bridgehead atoms. The molecule has 0 fully saturated rings. The third kappa shape index (κ3) is 2.36. The molecule has 0 saturated carbocycles. The highest BCUT2D eigenvalue weighted by molar-refractivity contribution is 9.10. The summed E-state index contributed by atoms with van der Waals surface area (Å²) in [6.07, 6.45) is 1.00. The van der Waals surface area contributed by atoms with E-state index in [0.717, 1.165) is 17.4 Å². The molecule has 6 heteroatoms. The van der Waals surface area contributed by atoms with Gasteiger partial charge in [0.25, 0.3) is 5.78 Å². The first-order valence-electron chi connectivity index (χ1n) is 7.52. The van der Waals surface area contributed by atoms with E-state index in [1.807, 2.05) is 12.1 Å². The minimum atomic E-state index is -0.429. The molecule has 0 saturated heterocycles. The van der Waals surface area contributed by atoms with Crippen molar-refractivity contribution in [1.29, 1.82) is 0 Å². The van der Waals surface area contributed by atoms with Crippen LogP contribution in [0.1, 0.15) is 33.8 Å². The molecule has 1 aromatic heterocycles. The predicted octanol–water partition coefficient (Wildman–Crippen LogP) is 3.62. The number of hydrogen-bond donors (Lipinski definition) is 0. The third-order valence-electron chi connectivity index (χ3n) is 4.66. The summed E-state index contributed by atoms with van der Waals surface area (Å²) < 4.78 is 0.813. The van der Waals surface area contributed by atoms with E-state index in [1.165, 1.54) is 10.4 Å². The van der Waals surface area contributed by atoms with Crippen molar-refractivity contribution in [2.75, 3.05) is 18.1 Å². The normalized spacial score (nSPS) is 20.8. The van der Waals surface area contributed by atoms with Gasteiger partial charge >= 0.3 is 5.91 Å². The van der Waals surface area contributed by atoms with Crippen molar-refractivity contribution in [2.24, 2.45) is 0 Å². The molecule has 4 rings (SSSR count). The second kappa shape index (κ2) is 5.54. The van der Waals surface area contributed by atoms with Crippen LogP contribution in [0.3, 0.4) is 0 Å². The molecule has 2 aliphatic rings. The molecule has 118 valence electrons. The van der Waals surface area contributed by atoms with E-state index in [2.05, 4.69) is 39.2 Å². The Morgan fingerprint density at radius 3 is 2.96 bits per heavy atom. The van der Waals surface area contributed by atoms with Crippen LogP contribution in [0.2, 0.25) is 0 Å². The van der Waals surface area contributed by atoms with Gasteiger partial charge in [-0.15, -0.1) is 11.3 Å². The molecular formula is C17H15BrN2O2S. The summed E-state index contributed by atoms with van der Waals surface area (Å²) in [4.78, 5) is 29.9. The topological polar surface area (TPSA) is 40.6 Å². The van der Waals surface area contributed by atoms with E-state index in [4.69, 9.17) is 0 Å². The SMILES string of the molecule is C[C@H]1c2ccsc2CCN1CN1C(=O)C(=O)c2cc(Br)ccc21. The fourth-order valence-corrected chi connectivity index (χ4v) is 4.67. The van der Waals surface area contributed by atoms with Crippen LogP contribution in [0, 0.1) is 0 Å². The maximum atomic E-state index is 12.4. The summed E-state index contributed by atoms with van der Waals surface area (Å²) in [5.74, 6) is -0.844. The Morgan fingerprint density at radius 2 is 2.13 bits per heavy atom. The van der Waals surface area contributed by atoms with Gasteiger partial charge in [0.05, 0.1) is 17.9 Å². The zero-order valence-electron chi connectivity index (χ0n) is 12.6. The molecule has 0 N–H and O–H groups in total. The average molecular weight is 391 g/mol. The largest absolute Gasteiger partial charge is 0.300 e. The van der Waals surface area contributed by atoms with Gasteiger partial charge in [-0.3, -0.25) is 19.4 Å². The quantitative estimate of drug-likeness (QED) is 0.735. The minimum absolute atomic E-state index is 0.257. The fourth-order valence-electron chi connectivity index (χ4n) is 3.35. The molecule has 23 heavy (non-hydrogen) atoms. The smallest absolute Gasteiger partial charge is 0.291 e. The van der Waals surface area contributed by atoms with Gasteiger partial charge < -0.3 is 0 Å². The van der Waals surface area contributed by atoms with Gasteiger partial charge in [-0.1, -0.05) is 15.9 Å². The van der Waals surface area contributed by atoms with Crippen molar-refractivity contribution in [3.63, 3.8) is 0 Å². The lowest BCUT2D eigenvalue weighted by Crippen LogP contribution is -2.44. The maximum absolute atomic E-state index is 12.4. The number of anilines is 1. The average Bonchev–Trinajstić information content (AvgIpc) is 3.10. The van der Waals surface area contributed by atoms with Gasteiger partial charge in [0.15, 0.2) is 0 Å². The zero-order valence-corrected chi connectivity index (χ0v) is 15.0. The van der Waals surface area contributed by atoms with Crippen LogP contribution in [-0.2, 0) is 11.2 Å². The molecule has 0 radical (unpaired) electrons. The highest BCUT2D eigenvalue weighted by Crippen LogP contribution is 2.36. The van der Waals surface area contributed by atoms with E-state index in [1.54, 1.807) is 22.3 Å². The summed E-state index contributed by atoms with van der Waals surface area (Å²) in [7, 11) is 0. The van der Waals surface area contributed by atoms with Crippen molar-refractivity contribution < 1.29 is 9.59 Å². The van der Waals surface area contributed by atoms with Crippen LogP contribution >= 0.6 is 27.3 Å². The number of thiophene rings is 1. The van der Waals surface area contributed by atoms with Gasteiger partial charge in [0.1, 0.15) is 0 Å². The van der Waals surface area contributed by atoms with Crippen LogP contribution in [0.25, 0.3) is 0 Å². The summed E-state index contributed by atoms with van der Waals surface area (Å²) in [6, 6.07) is 7.86. The van der Waals surface area contributed by atoms with Crippen LogP contribution < -0.4 is 4.90 Å². The molecule has 0 spiro atoms. The van der Waals surface area contributed by atoms with E-state index in [0.29, 0.717) is 17.9 Å². The highest BCUT2D eigenvalue weighted by atomic mass is 79.9. The summed E-state index contributed by atoms with van der Waals surface area (Å²) in [5.41, 5.74) is 2.55. The van der Waals surface area contributed by atoms with Gasteiger partial charge in [-0.25, -0.2) is 0 Å². The Morgan fingerprint density at radius 1 is 1.30 bits per heavy atom. The Bertz CT molecular complexity index is 817. The van der Waals surface area contributed by atoms with E-state index >= 15 is 0 Å². The van der Waals surface area contributed by atoms with Crippen LogP contribution in [0.15, 0.2) is 34.1 Å². The van der Waals surface area contributed by atoms with Crippen LogP contribution in [-0.4, -0.2) is 29.8 Å². The molecule has 1 amide bonds. The lowest BCUT2D eigenvalue weighted by molar-refractivity contribution is -0.114. The molecule has 4 nitrogen and oxygen atoms in total. The lowest BCUT2D eigenvalue weighted by atomic mass is 10.0. The van der Waals surface area contributed by atoms with E-state index in [9.17, 15) is 9.59 Å². The number of nitrogens with zero attached hydrogens (tertiary/aromatic N) is 2. The van der Waals surface area contributed by atoms with Crippen LogP contribution in [0.4, 0.5) is 5.69 Å². The zero-order chi connectivity index (χ0) is 16.1. The van der Waals surface area contributed by atoms with Gasteiger partial charge in [-0.05, 0) is 48.6 Å². The summed E-state index contributed by atoms with van der Waals surface area (Å²) >= 11 is 5.16. The van der Waals surface area contributed by atoms with Crippen molar-refractivity contribution in [1.82, 2.24) is 4.90 Å². The number of Topliss-reactive ketones (excluding diaryl/α,β-unsaturated/α-hetero) is 1. The Kier molecular flexibility index (Phi) is 3.63. The number of carbonyl (C=O) groups is 2. The maximum Gasteiger partial charge on any atom is 0.300 e. The first-order valence-corrected chi connectivity index (χ1v) is 9.19. The van der Waals surface area contributed by atoms with Crippen molar-refractivity contribution >= 4 is 44.6 Å². The molecular weight excluding hydrogens is 376 g/mol. The lowest BCUT2D eigenvalue weighted by Gasteiger charge is -2.36. The molecule has 1 atom stereocenters. The van der Waals surface area contributed by atoms with Crippen molar-refractivity contribution in [2.45, 2.75) is 19.4 Å². The second-order valence-corrected chi connectivity index (χ2v) is 7.82. The van der Waals surface area contributed by atoms with E-state index in [-0.39, 0.29) is 6.04 Å². The monoisotopic (exact) mass is 390 g/mol. The Balaban J connectivity index is 1.63. The number of benzene rings is 1. The number of rotatable bonds is 2. The first kappa shape index (κ1) is 15.1. The van der Waals surface area contributed by atoms with Gasteiger partial charge in [0, 0.05) is 21.9 Å². The molecule has 0 aliphatic carbocycles. The minimum Gasteiger partial charge on any atom is -0.291 e. The molecule has 0 unspecified atom stereocenters. The van der Waals surface area contributed by atoms with Gasteiger partial charge in [0.2, 0.25) is 0 Å². The summed E-state index contributed by atoms with van der Waals surface area (Å²) in [6.45, 7) is 3.52. The van der Waals surface area contributed by atoms with E-state index < -0.39 is 11.7 Å². The number of ketones is 1. The molecule has 2 aromatic rings. The van der Waals surface area contributed by atoms with Crippen molar-refractivity contribution in [3.05, 3.63) is 50.1 Å². The first-order chi connectivity index (χ1) is 11.1. The fraction of sp³-hybridized carbons (Fsp3) is 0.294. The van der Waals surface area contributed by atoms with Crippen molar-refractivity contribution in [3.8, 4) is 0 Å². The molecule has 2 aliphatic heterocycles. The number of hydrogen-bond acceptors (Lipinski definition) is 4. The predicted molar refractivity (Wildman–Crippen MR) is 94.0 cm³/mol. The Hall–Kier alpha value is -1.50. The molecule has 3 heterocycles. The number of carbonyl (C=O) groups excluding carboxylic acids is 2. The number of halogens is 1. The highest BCUT2D eigenvalue weighted by Gasteiger charge is 2.38. The standard InChI is InChI=1S/C17H15BrN2O2S/c1-10-12-5-7-23-15(12)4-6-19(10)9-20-14-3-2-11(18)8-13(14)16(21)17(20)22/h2-3,5,7-8,10H,4,6,9H2,1H3/t10-/m0/s1. The molecule has 1 aromatic carbocycles. The number of fused-ring (bicyclic) bond motifs is 2. The number of amides is 1. The second-order valence-electron chi connectivity index (χ2n) is 5.90.